The molecule has 0 saturated heterocycles. The Kier molecular flexibility index (Phi) is 6.43. The molecular weight excluding hydrogens is 514 g/mol. The van der Waals surface area contributed by atoms with Crippen LogP contribution in [0.1, 0.15) is 21.5 Å². The van der Waals surface area contributed by atoms with E-state index in [1.54, 1.807) is 48.5 Å². The summed E-state index contributed by atoms with van der Waals surface area (Å²) in [6, 6.07) is 16.3. The molecule has 0 aliphatic carbocycles. The van der Waals surface area contributed by atoms with E-state index in [-0.39, 0.29) is 17.2 Å². The predicted molar refractivity (Wildman–Crippen MR) is 129 cm³/mol. The van der Waals surface area contributed by atoms with Gasteiger partial charge in [0.1, 0.15) is 6.61 Å². The fraction of sp³-hybridized carbons (Fsp3) is 0.0435. The summed E-state index contributed by atoms with van der Waals surface area (Å²) in [6.07, 6.45) is 1.34. The van der Waals surface area contributed by atoms with Gasteiger partial charge in [-0.25, -0.2) is 9.59 Å². The fourth-order valence-corrected chi connectivity index (χ4v) is 4.11. The number of hydrogen-bond donors (Lipinski definition) is 2. The van der Waals surface area contributed by atoms with Crippen LogP contribution in [0, 0.1) is 0 Å². The molecule has 0 aliphatic heterocycles. The number of para-hydroxylation sites is 1. The number of aromatic carboxylic acids is 1. The van der Waals surface area contributed by atoms with Gasteiger partial charge in [0.2, 0.25) is 0 Å². The van der Waals surface area contributed by atoms with Gasteiger partial charge in [-0.3, -0.25) is 4.79 Å². The lowest BCUT2D eigenvalue weighted by Crippen LogP contribution is -2.32. The summed E-state index contributed by atoms with van der Waals surface area (Å²) in [4.78, 5) is 38.6. The van der Waals surface area contributed by atoms with E-state index in [0.29, 0.717) is 32.3 Å². The Hall–Kier alpha value is -3.69. The lowest BCUT2D eigenvalue weighted by molar-refractivity contribution is 0.0696. The number of benzene rings is 3. The smallest absolute Gasteiger partial charge is 0.349 e. The minimum absolute atomic E-state index is 0.106. The van der Waals surface area contributed by atoms with Crippen LogP contribution in [0.4, 0.5) is 0 Å². The summed E-state index contributed by atoms with van der Waals surface area (Å²) in [5, 5.41) is 13.7. The zero-order chi connectivity index (χ0) is 23.5. The molecule has 0 saturated carbocycles. The van der Waals surface area contributed by atoms with Crippen LogP contribution in [0.3, 0.4) is 0 Å². The first kappa shape index (κ1) is 22.5. The Morgan fingerprint density at radius 2 is 1.94 bits per heavy atom. The number of carboxylic acid groups (broad SMARTS) is 1. The van der Waals surface area contributed by atoms with Crippen molar-refractivity contribution in [3.63, 3.8) is 0 Å². The molecule has 4 rings (SSSR count). The van der Waals surface area contributed by atoms with Crippen LogP contribution in [0.15, 0.2) is 79.8 Å². The maximum atomic E-state index is 12.6. The molecule has 10 heteroatoms. The van der Waals surface area contributed by atoms with Crippen LogP contribution in [-0.4, -0.2) is 27.0 Å². The molecule has 0 unspecified atom stereocenters. The Bertz CT molecular complexity index is 1500. The minimum atomic E-state index is -1.02. The van der Waals surface area contributed by atoms with Gasteiger partial charge in [0.25, 0.3) is 5.56 Å². The predicted octanol–water partition coefficient (Wildman–Crippen LogP) is 4.27. The summed E-state index contributed by atoms with van der Waals surface area (Å²) in [5.41, 5.74) is 0.569. The van der Waals surface area contributed by atoms with Crippen molar-refractivity contribution in [3.8, 4) is 5.75 Å². The summed E-state index contributed by atoms with van der Waals surface area (Å²) >= 11 is 9.75. The molecule has 0 atom stereocenters. The normalized spacial score (nSPS) is 11.2. The van der Waals surface area contributed by atoms with Gasteiger partial charge in [-0.1, -0.05) is 35.9 Å². The number of halogens is 2. The molecule has 1 aromatic heterocycles. The number of H-pyrrole nitrogens is 1. The third-order valence-corrected chi connectivity index (χ3v) is 5.55. The molecule has 4 aromatic rings. The van der Waals surface area contributed by atoms with Crippen molar-refractivity contribution >= 4 is 50.6 Å². The number of ether oxygens (including phenoxy) is 1. The van der Waals surface area contributed by atoms with Crippen molar-refractivity contribution in [2.24, 2.45) is 5.10 Å². The quantitative estimate of drug-likeness (QED) is 0.363. The Labute approximate surface area is 199 Å². The first-order valence-electron chi connectivity index (χ1n) is 9.56. The third-order valence-electron chi connectivity index (χ3n) is 4.68. The van der Waals surface area contributed by atoms with Gasteiger partial charge in [-0.05, 0) is 63.5 Å². The molecule has 8 nitrogen and oxygen atoms in total. The number of rotatable bonds is 6. The highest BCUT2D eigenvalue weighted by atomic mass is 79.9. The van der Waals surface area contributed by atoms with Crippen LogP contribution < -0.4 is 16.0 Å². The average Bonchev–Trinajstić information content (AvgIpc) is 2.78. The topological polar surface area (TPSA) is 114 Å². The molecule has 0 fully saturated rings. The monoisotopic (exact) mass is 527 g/mol. The largest absolute Gasteiger partial charge is 0.486 e. The Morgan fingerprint density at radius 3 is 2.70 bits per heavy atom. The Balaban J connectivity index is 1.58. The lowest BCUT2D eigenvalue weighted by atomic mass is 10.1. The standard InChI is InChI=1S/C23H15BrClN3O5/c24-17-9-14(11-26-28-21(29)16-6-1-2-7-19(16)27-23(28)32)10-18(25)20(17)33-12-13-4-3-5-15(8-13)22(30)31/h1-11H,12H2,(H,27,32)(H,30,31). The molecule has 3 aromatic carbocycles. The highest BCUT2D eigenvalue weighted by Gasteiger charge is 2.11. The van der Waals surface area contributed by atoms with Crippen molar-refractivity contribution < 1.29 is 14.6 Å². The van der Waals surface area contributed by atoms with Crippen LogP contribution >= 0.6 is 27.5 Å². The second-order valence-corrected chi connectivity index (χ2v) is 8.21. The summed E-state index contributed by atoms with van der Waals surface area (Å²) in [6.45, 7) is 0.106. The van der Waals surface area contributed by atoms with E-state index < -0.39 is 17.2 Å². The average molecular weight is 529 g/mol. The van der Waals surface area contributed by atoms with E-state index in [4.69, 9.17) is 21.4 Å². The van der Waals surface area contributed by atoms with Gasteiger partial charge in [0.15, 0.2) is 5.75 Å². The molecule has 0 amide bonds. The molecule has 0 bridgehead atoms. The van der Waals surface area contributed by atoms with Crippen LogP contribution in [0.5, 0.6) is 5.75 Å². The number of fused-ring (bicyclic) bond motifs is 1. The molecule has 0 radical (unpaired) electrons. The minimum Gasteiger partial charge on any atom is -0.486 e. The zero-order valence-electron chi connectivity index (χ0n) is 16.8. The lowest BCUT2D eigenvalue weighted by Gasteiger charge is -2.11. The van der Waals surface area contributed by atoms with Gasteiger partial charge in [-0.2, -0.15) is 5.10 Å². The molecule has 166 valence electrons. The molecule has 1 heterocycles. The maximum Gasteiger partial charge on any atom is 0.349 e. The zero-order valence-corrected chi connectivity index (χ0v) is 19.1. The van der Waals surface area contributed by atoms with Gasteiger partial charge in [0.05, 0.1) is 32.2 Å². The number of hydrogen-bond acceptors (Lipinski definition) is 5. The van der Waals surface area contributed by atoms with Crippen molar-refractivity contribution in [2.45, 2.75) is 6.61 Å². The van der Waals surface area contributed by atoms with Crippen molar-refractivity contribution in [3.05, 3.63) is 108 Å². The number of nitrogens with zero attached hydrogens (tertiary/aromatic N) is 2. The molecule has 2 N–H and O–H groups in total. The van der Waals surface area contributed by atoms with Crippen molar-refractivity contribution in [1.82, 2.24) is 9.66 Å². The second-order valence-electron chi connectivity index (χ2n) is 6.95. The number of carboxylic acids is 1. The maximum absolute atomic E-state index is 12.6. The highest BCUT2D eigenvalue weighted by Crippen LogP contribution is 2.34. The molecule has 0 spiro atoms. The summed E-state index contributed by atoms with van der Waals surface area (Å²) < 4.78 is 7.03. The van der Waals surface area contributed by atoms with Gasteiger partial charge in [0, 0.05) is 0 Å². The highest BCUT2D eigenvalue weighted by molar-refractivity contribution is 9.10. The molecule has 0 aliphatic rings. The SMILES string of the molecule is O=C(O)c1cccc(COc2c(Cl)cc(C=Nn3c(=O)[nH]c4ccccc4c3=O)cc2Br)c1. The van der Waals surface area contributed by atoms with E-state index in [2.05, 4.69) is 26.0 Å². The second kappa shape index (κ2) is 9.43. The molecular formula is C23H15BrClN3O5. The van der Waals surface area contributed by atoms with E-state index in [1.165, 1.54) is 18.3 Å². The fourth-order valence-electron chi connectivity index (χ4n) is 3.12. The summed E-state index contributed by atoms with van der Waals surface area (Å²) in [7, 11) is 0. The van der Waals surface area contributed by atoms with Crippen LogP contribution in [-0.2, 0) is 6.61 Å². The number of aromatic amines is 1. The van der Waals surface area contributed by atoms with Crippen LogP contribution in [0.2, 0.25) is 5.02 Å². The summed E-state index contributed by atoms with van der Waals surface area (Å²) in [5.74, 6) is -0.667. The number of aromatic nitrogens is 2. The van der Waals surface area contributed by atoms with Crippen LogP contribution in [0.25, 0.3) is 10.9 Å². The Morgan fingerprint density at radius 1 is 1.15 bits per heavy atom. The first-order chi connectivity index (χ1) is 15.8. The van der Waals surface area contributed by atoms with Crippen molar-refractivity contribution in [1.29, 1.82) is 0 Å². The third kappa shape index (κ3) is 4.89. The van der Waals surface area contributed by atoms with Gasteiger partial charge >= 0.3 is 11.7 Å². The number of nitrogens with one attached hydrogen (secondary N) is 1. The number of carbonyl (C=O) groups is 1. The van der Waals surface area contributed by atoms with E-state index in [1.807, 2.05) is 0 Å². The van der Waals surface area contributed by atoms with Gasteiger partial charge in [-0.15, -0.1) is 4.68 Å². The van der Waals surface area contributed by atoms with Gasteiger partial charge < -0.3 is 14.8 Å². The first-order valence-corrected chi connectivity index (χ1v) is 10.7. The van der Waals surface area contributed by atoms with E-state index >= 15 is 0 Å². The van der Waals surface area contributed by atoms with E-state index in [0.717, 1.165) is 4.68 Å². The molecule has 33 heavy (non-hydrogen) atoms. The van der Waals surface area contributed by atoms with Crippen molar-refractivity contribution in [2.75, 3.05) is 0 Å². The van der Waals surface area contributed by atoms with E-state index in [9.17, 15) is 14.4 Å².